The standard InChI is InChI=1S/C8ClF16N/c9-4(15,16)8(24,25)26-6(20,21)1(10,2(11,12)5(17,18)19)3(13,14)7(26,22)23. The highest BCUT2D eigenvalue weighted by atomic mass is 35.5. The number of hydrogen-bond donors (Lipinski definition) is 0. The normalized spacial score (nSPS) is 29.9. The first-order chi connectivity index (χ1) is 10.9. The molecule has 1 fully saturated rings. The second-order valence-corrected chi connectivity index (χ2v) is 5.24. The van der Waals surface area contributed by atoms with Crippen LogP contribution in [-0.4, -0.2) is 52.1 Å². The first kappa shape index (κ1) is 23.2. The van der Waals surface area contributed by atoms with Crippen molar-refractivity contribution in [3.63, 3.8) is 0 Å². The van der Waals surface area contributed by atoms with Crippen molar-refractivity contribution in [2.75, 3.05) is 0 Å². The summed E-state index contributed by atoms with van der Waals surface area (Å²) in [6, 6.07) is -23.0. The van der Waals surface area contributed by atoms with Crippen molar-refractivity contribution in [3.05, 3.63) is 0 Å². The lowest BCUT2D eigenvalue weighted by molar-refractivity contribution is -0.411. The summed E-state index contributed by atoms with van der Waals surface area (Å²) < 4.78 is 206. The molecular weight excluding hydrogens is 450 g/mol. The monoisotopic (exact) mass is 449 g/mol. The van der Waals surface area contributed by atoms with E-state index in [1.807, 2.05) is 0 Å². The molecule has 1 unspecified atom stereocenters. The zero-order valence-electron chi connectivity index (χ0n) is 10.9. The van der Waals surface area contributed by atoms with E-state index in [0.29, 0.717) is 0 Å². The molecule has 0 bridgehead atoms. The van der Waals surface area contributed by atoms with Gasteiger partial charge in [-0.3, -0.25) is 0 Å². The van der Waals surface area contributed by atoms with Gasteiger partial charge in [0.15, 0.2) is 0 Å². The third kappa shape index (κ3) is 2.24. The largest absolute Gasteiger partial charge is 0.457 e. The van der Waals surface area contributed by atoms with Crippen LogP contribution < -0.4 is 0 Å². The van der Waals surface area contributed by atoms with Gasteiger partial charge in [0.05, 0.1) is 0 Å². The van der Waals surface area contributed by atoms with Crippen LogP contribution in [0.4, 0.5) is 70.2 Å². The Balaban J connectivity index is 3.97. The Hall–Kier alpha value is -0.870. The van der Waals surface area contributed by atoms with Gasteiger partial charge in [0.1, 0.15) is 0 Å². The van der Waals surface area contributed by atoms with Gasteiger partial charge in [0, 0.05) is 0 Å². The molecule has 0 aliphatic carbocycles. The molecule has 1 nitrogen and oxygen atoms in total. The molecule has 1 heterocycles. The molecule has 1 aliphatic heterocycles. The van der Waals surface area contributed by atoms with Gasteiger partial charge in [-0.2, -0.15) is 65.9 Å². The number of nitrogens with zero attached hydrogens (tertiary/aromatic N) is 1. The van der Waals surface area contributed by atoms with Gasteiger partial charge in [-0.05, 0) is 11.6 Å². The van der Waals surface area contributed by atoms with Crippen LogP contribution in [0, 0.1) is 0 Å². The van der Waals surface area contributed by atoms with E-state index in [1.54, 1.807) is 0 Å². The summed E-state index contributed by atoms with van der Waals surface area (Å²) in [7, 11) is 0. The highest BCUT2D eigenvalue weighted by molar-refractivity contribution is 6.22. The summed E-state index contributed by atoms with van der Waals surface area (Å²) in [6.07, 6.45) is -7.75. The van der Waals surface area contributed by atoms with Crippen molar-refractivity contribution < 1.29 is 70.2 Å². The molecular formula is C8ClF16N. The van der Waals surface area contributed by atoms with Crippen LogP contribution in [0.25, 0.3) is 0 Å². The maximum absolute atomic E-state index is 13.7. The lowest BCUT2D eigenvalue weighted by Gasteiger charge is -2.39. The van der Waals surface area contributed by atoms with Crippen LogP contribution in [0.3, 0.4) is 0 Å². The Morgan fingerprint density at radius 2 is 0.962 bits per heavy atom. The SMILES string of the molecule is FC(F)(F)C(F)(F)C1(F)C(F)(F)N(C(F)(F)C(F)(F)Cl)C(F)(F)C1(F)F. The molecule has 1 saturated heterocycles. The molecule has 0 aromatic rings. The molecule has 1 rings (SSSR count). The van der Waals surface area contributed by atoms with Gasteiger partial charge >= 0.3 is 47.2 Å². The first-order valence-corrected chi connectivity index (χ1v) is 5.76. The zero-order chi connectivity index (χ0) is 21.6. The maximum Gasteiger partial charge on any atom is 0.457 e. The average molecular weight is 450 g/mol. The Morgan fingerprint density at radius 3 is 1.23 bits per heavy atom. The maximum atomic E-state index is 13.7. The summed E-state index contributed by atoms with van der Waals surface area (Å²) in [5.41, 5.74) is -8.12. The van der Waals surface area contributed by atoms with Gasteiger partial charge in [-0.1, -0.05) is 0 Å². The van der Waals surface area contributed by atoms with Gasteiger partial charge < -0.3 is 0 Å². The van der Waals surface area contributed by atoms with Crippen LogP contribution in [0.2, 0.25) is 0 Å². The summed E-state index contributed by atoms with van der Waals surface area (Å²) in [4.78, 5) is -4.10. The topological polar surface area (TPSA) is 3.24 Å². The van der Waals surface area contributed by atoms with Crippen molar-refractivity contribution in [2.45, 2.75) is 47.2 Å². The number of hydrogen-bond acceptors (Lipinski definition) is 1. The van der Waals surface area contributed by atoms with Crippen LogP contribution >= 0.6 is 11.6 Å². The lowest BCUT2D eigenvalue weighted by Crippen LogP contribution is -2.70. The molecule has 156 valence electrons. The van der Waals surface area contributed by atoms with Crippen molar-refractivity contribution in [1.82, 2.24) is 4.90 Å². The van der Waals surface area contributed by atoms with Crippen molar-refractivity contribution in [3.8, 4) is 0 Å². The minimum absolute atomic E-state index is 3.48. The Kier molecular flexibility index (Phi) is 4.58. The van der Waals surface area contributed by atoms with Crippen LogP contribution in [-0.2, 0) is 0 Å². The number of rotatable bonds is 3. The molecule has 0 spiro atoms. The summed E-state index contributed by atoms with van der Waals surface area (Å²) in [6.45, 7) is 0. The lowest BCUT2D eigenvalue weighted by atomic mass is 9.89. The molecule has 26 heavy (non-hydrogen) atoms. The van der Waals surface area contributed by atoms with E-state index in [4.69, 9.17) is 0 Å². The van der Waals surface area contributed by atoms with E-state index in [1.165, 1.54) is 0 Å². The Bertz CT molecular complexity index is 574. The van der Waals surface area contributed by atoms with E-state index >= 15 is 0 Å². The van der Waals surface area contributed by atoms with E-state index < -0.39 is 52.1 Å². The summed E-state index contributed by atoms with van der Waals surface area (Å²) >= 11 is 3.48. The van der Waals surface area contributed by atoms with E-state index in [2.05, 4.69) is 11.6 Å². The molecule has 0 N–H and O–H groups in total. The second kappa shape index (κ2) is 5.14. The minimum Gasteiger partial charge on any atom is -0.221 e. The van der Waals surface area contributed by atoms with Crippen molar-refractivity contribution in [2.24, 2.45) is 0 Å². The fraction of sp³-hybridized carbons (Fsp3) is 1.00. The van der Waals surface area contributed by atoms with Gasteiger partial charge in [0.25, 0.3) is 0 Å². The molecule has 18 heteroatoms. The van der Waals surface area contributed by atoms with Crippen molar-refractivity contribution in [1.29, 1.82) is 0 Å². The molecule has 0 saturated carbocycles. The highest BCUT2D eigenvalue weighted by Gasteiger charge is 3.03. The predicted octanol–water partition coefficient (Wildman–Crippen LogP) is 5.45. The smallest absolute Gasteiger partial charge is 0.221 e. The number of likely N-dealkylation sites (tertiary alicyclic amines) is 1. The average Bonchev–Trinajstić information content (AvgIpc) is 2.40. The van der Waals surface area contributed by atoms with E-state index in [-0.39, 0.29) is 0 Å². The molecule has 1 atom stereocenters. The van der Waals surface area contributed by atoms with Gasteiger partial charge in [0.2, 0.25) is 0 Å². The van der Waals surface area contributed by atoms with Crippen LogP contribution in [0.5, 0.6) is 0 Å². The van der Waals surface area contributed by atoms with Crippen LogP contribution in [0.15, 0.2) is 0 Å². The fourth-order valence-electron chi connectivity index (χ4n) is 1.93. The number of halogens is 17. The second-order valence-electron chi connectivity index (χ2n) is 4.76. The zero-order valence-corrected chi connectivity index (χ0v) is 11.6. The molecule has 0 radical (unpaired) electrons. The van der Waals surface area contributed by atoms with E-state index in [0.717, 1.165) is 0 Å². The highest BCUT2D eigenvalue weighted by Crippen LogP contribution is 2.71. The summed E-state index contributed by atoms with van der Waals surface area (Å²) in [5, 5.41) is -6.66. The Morgan fingerprint density at radius 1 is 0.615 bits per heavy atom. The van der Waals surface area contributed by atoms with Crippen LogP contribution in [0.1, 0.15) is 0 Å². The quantitative estimate of drug-likeness (QED) is 0.315. The summed E-state index contributed by atoms with van der Waals surface area (Å²) in [5.74, 6) is -16.1. The molecule has 0 aromatic carbocycles. The van der Waals surface area contributed by atoms with Gasteiger partial charge in [-0.15, -0.1) is 4.90 Å². The third-order valence-corrected chi connectivity index (χ3v) is 3.42. The molecule has 1 aliphatic rings. The predicted molar refractivity (Wildman–Crippen MR) is 47.3 cm³/mol. The third-order valence-electron chi connectivity index (χ3n) is 3.20. The van der Waals surface area contributed by atoms with Gasteiger partial charge in [-0.25, -0.2) is 4.39 Å². The minimum atomic E-state index is -8.12. The molecule has 0 aromatic heterocycles. The van der Waals surface area contributed by atoms with Crippen molar-refractivity contribution >= 4 is 11.6 Å². The molecule has 0 amide bonds. The van der Waals surface area contributed by atoms with E-state index in [9.17, 15) is 70.2 Å². The Labute approximate surface area is 135 Å². The number of alkyl halides is 17. The first-order valence-electron chi connectivity index (χ1n) is 5.38. The fourth-order valence-corrected chi connectivity index (χ4v) is 2.01.